The normalized spacial score (nSPS) is 16.2. The number of hydrogen-bond donors (Lipinski definition) is 0. The van der Waals surface area contributed by atoms with Gasteiger partial charge in [-0.1, -0.05) is 11.6 Å². The molecule has 0 atom stereocenters. The third-order valence-electron chi connectivity index (χ3n) is 2.70. The molecule has 1 aliphatic rings. The van der Waals surface area contributed by atoms with Crippen molar-refractivity contribution in [3.05, 3.63) is 22.7 Å². The molecule has 92 valence electrons. The summed E-state index contributed by atoms with van der Waals surface area (Å²) >= 11 is 6.02. The van der Waals surface area contributed by atoms with Crippen LogP contribution in [0.15, 0.2) is 12.1 Å². The second kappa shape index (κ2) is 4.94. The van der Waals surface area contributed by atoms with Crippen LogP contribution in [0.3, 0.4) is 0 Å². The number of amides is 1. The van der Waals surface area contributed by atoms with Gasteiger partial charge in [0.1, 0.15) is 12.4 Å². The summed E-state index contributed by atoms with van der Waals surface area (Å²) in [6.07, 6.45) is 0. The molecular weight excluding hydrogens is 242 g/mol. The van der Waals surface area contributed by atoms with Gasteiger partial charge >= 0.3 is 0 Å². The Kier molecular flexibility index (Phi) is 3.54. The predicted molar refractivity (Wildman–Crippen MR) is 65.9 cm³/mol. The molecule has 5 heteroatoms. The van der Waals surface area contributed by atoms with E-state index < -0.39 is 0 Å². The molecule has 0 bridgehead atoms. The molecule has 1 aromatic carbocycles. The van der Waals surface area contributed by atoms with Gasteiger partial charge < -0.3 is 14.4 Å². The van der Waals surface area contributed by atoms with Gasteiger partial charge in [0.25, 0.3) is 5.91 Å². The molecule has 0 aliphatic carbocycles. The van der Waals surface area contributed by atoms with Crippen LogP contribution in [0.5, 0.6) is 5.75 Å². The Balaban J connectivity index is 2.45. The largest absolute Gasteiger partial charge is 0.494 e. The molecule has 17 heavy (non-hydrogen) atoms. The van der Waals surface area contributed by atoms with Crippen molar-refractivity contribution in [3.8, 4) is 5.75 Å². The average Bonchev–Trinajstić information content (AvgIpc) is 2.28. The molecule has 0 saturated carbocycles. The summed E-state index contributed by atoms with van der Waals surface area (Å²) in [5, 5.41) is 0.595. The number of anilines is 1. The van der Waals surface area contributed by atoms with Crippen LogP contribution in [-0.2, 0) is 9.53 Å². The van der Waals surface area contributed by atoms with E-state index in [2.05, 4.69) is 0 Å². The van der Waals surface area contributed by atoms with E-state index in [4.69, 9.17) is 21.1 Å². The number of halogens is 1. The van der Waals surface area contributed by atoms with E-state index in [1.54, 1.807) is 18.1 Å². The third kappa shape index (κ3) is 2.37. The molecule has 4 nitrogen and oxygen atoms in total. The standard InChI is InChI=1S/C12H14ClNO3/c1-8-5-9(13)6-10(12(8)16-2)14-3-4-17-7-11(14)15/h5-6H,3-4,7H2,1-2H3. The zero-order chi connectivity index (χ0) is 12.4. The Bertz CT molecular complexity index is 448. The summed E-state index contributed by atoms with van der Waals surface area (Å²) < 4.78 is 10.4. The van der Waals surface area contributed by atoms with Gasteiger partial charge in [0, 0.05) is 11.6 Å². The smallest absolute Gasteiger partial charge is 0.253 e. The van der Waals surface area contributed by atoms with Crippen LogP contribution in [0.4, 0.5) is 5.69 Å². The van der Waals surface area contributed by atoms with E-state index in [0.717, 1.165) is 5.56 Å². The molecule has 0 N–H and O–H groups in total. The molecule has 0 radical (unpaired) electrons. The first-order valence-electron chi connectivity index (χ1n) is 5.35. The Hall–Kier alpha value is -1.26. The number of carbonyl (C=O) groups is 1. The van der Waals surface area contributed by atoms with Gasteiger partial charge in [-0.15, -0.1) is 0 Å². The van der Waals surface area contributed by atoms with Crippen molar-refractivity contribution in [2.75, 3.05) is 31.8 Å². The Morgan fingerprint density at radius 1 is 1.47 bits per heavy atom. The Labute approximate surface area is 105 Å². The van der Waals surface area contributed by atoms with Gasteiger partial charge in [0.15, 0.2) is 0 Å². The maximum absolute atomic E-state index is 11.8. The molecular formula is C12H14ClNO3. The van der Waals surface area contributed by atoms with Crippen molar-refractivity contribution < 1.29 is 14.3 Å². The first kappa shape index (κ1) is 12.2. The highest BCUT2D eigenvalue weighted by molar-refractivity contribution is 6.31. The van der Waals surface area contributed by atoms with Crippen molar-refractivity contribution in [2.24, 2.45) is 0 Å². The lowest BCUT2D eigenvalue weighted by Gasteiger charge is -2.28. The number of morpholine rings is 1. The minimum Gasteiger partial charge on any atom is -0.494 e. The molecule has 1 fully saturated rings. The van der Waals surface area contributed by atoms with Crippen molar-refractivity contribution >= 4 is 23.2 Å². The van der Waals surface area contributed by atoms with Crippen LogP contribution in [0.2, 0.25) is 5.02 Å². The van der Waals surface area contributed by atoms with Crippen LogP contribution in [0.25, 0.3) is 0 Å². The van der Waals surface area contributed by atoms with E-state index in [0.29, 0.717) is 29.6 Å². The van der Waals surface area contributed by atoms with Gasteiger partial charge in [-0.3, -0.25) is 4.79 Å². The van der Waals surface area contributed by atoms with Crippen LogP contribution in [0, 0.1) is 6.92 Å². The molecule has 1 saturated heterocycles. The molecule has 0 unspecified atom stereocenters. The first-order chi connectivity index (χ1) is 8.13. The van der Waals surface area contributed by atoms with Gasteiger partial charge in [-0.25, -0.2) is 0 Å². The highest BCUT2D eigenvalue weighted by Gasteiger charge is 2.24. The number of benzene rings is 1. The van der Waals surface area contributed by atoms with Gasteiger partial charge in [-0.05, 0) is 24.6 Å². The summed E-state index contributed by atoms with van der Waals surface area (Å²) in [7, 11) is 1.59. The lowest BCUT2D eigenvalue weighted by molar-refractivity contribution is -0.125. The number of aryl methyl sites for hydroxylation is 1. The average molecular weight is 256 g/mol. The first-order valence-corrected chi connectivity index (χ1v) is 5.73. The van der Waals surface area contributed by atoms with Gasteiger partial charge in [-0.2, -0.15) is 0 Å². The second-order valence-electron chi connectivity index (χ2n) is 3.87. The number of nitrogens with zero attached hydrogens (tertiary/aromatic N) is 1. The molecule has 2 rings (SSSR count). The van der Waals surface area contributed by atoms with Crippen LogP contribution >= 0.6 is 11.6 Å². The number of rotatable bonds is 2. The minimum atomic E-state index is -0.0729. The molecule has 0 aromatic heterocycles. The zero-order valence-corrected chi connectivity index (χ0v) is 10.6. The van der Waals surface area contributed by atoms with E-state index in [1.165, 1.54) is 0 Å². The summed E-state index contributed by atoms with van der Waals surface area (Å²) in [6, 6.07) is 3.56. The molecule has 1 aromatic rings. The molecule has 1 aliphatic heterocycles. The fourth-order valence-corrected chi connectivity index (χ4v) is 2.22. The van der Waals surface area contributed by atoms with Gasteiger partial charge in [0.2, 0.25) is 0 Å². The highest BCUT2D eigenvalue weighted by Crippen LogP contribution is 2.35. The molecule has 0 spiro atoms. The fourth-order valence-electron chi connectivity index (χ4n) is 1.95. The van der Waals surface area contributed by atoms with E-state index in [9.17, 15) is 4.79 Å². The summed E-state index contributed by atoms with van der Waals surface area (Å²) in [5.41, 5.74) is 1.63. The topological polar surface area (TPSA) is 38.8 Å². The molecule has 1 heterocycles. The van der Waals surface area contributed by atoms with Crippen LogP contribution in [0.1, 0.15) is 5.56 Å². The second-order valence-corrected chi connectivity index (χ2v) is 4.31. The van der Waals surface area contributed by atoms with Crippen LogP contribution < -0.4 is 9.64 Å². The minimum absolute atomic E-state index is 0.0729. The van der Waals surface area contributed by atoms with Crippen molar-refractivity contribution in [3.63, 3.8) is 0 Å². The maximum Gasteiger partial charge on any atom is 0.253 e. The number of carbonyl (C=O) groups excluding carboxylic acids is 1. The monoisotopic (exact) mass is 255 g/mol. The maximum atomic E-state index is 11.8. The number of methoxy groups -OCH3 is 1. The number of hydrogen-bond acceptors (Lipinski definition) is 3. The quantitative estimate of drug-likeness (QED) is 0.812. The van der Waals surface area contributed by atoms with Gasteiger partial charge in [0.05, 0.1) is 19.4 Å². The van der Waals surface area contributed by atoms with Crippen molar-refractivity contribution in [1.82, 2.24) is 0 Å². The van der Waals surface area contributed by atoms with E-state index >= 15 is 0 Å². The highest BCUT2D eigenvalue weighted by atomic mass is 35.5. The Morgan fingerprint density at radius 2 is 2.24 bits per heavy atom. The third-order valence-corrected chi connectivity index (χ3v) is 2.92. The lowest BCUT2D eigenvalue weighted by atomic mass is 10.1. The number of ether oxygens (including phenoxy) is 2. The summed E-state index contributed by atoms with van der Waals surface area (Å²) in [4.78, 5) is 13.4. The SMILES string of the molecule is COc1c(C)cc(Cl)cc1N1CCOCC1=O. The van der Waals surface area contributed by atoms with Crippen molar-refractivity contribution in [1.29, 1.82) is 0 Å². The lowest BCUT2D eigenvalue weighted by Crippen LogP contribution is -2.41. The Morgan fingerprint density at radius 3 is 2.88 bits per heavy atom. The van der Waals surface area contributed by atoms with E-state index in [-0.39, 0.29) is 12.5 Å². The summed E-state index contributed by atoms with van der Waals surface area (Å²) in [5.74, 6) is 0.612. The fraction of sp³-hybridized carbons (Fsp3) is 0.417. The molecule has 1 amide bonds. The zero-order valence-electron chi connectivity index (χ0n) is 9.83. The van der Waals surface area contributed by atoms with Crippen LogP contribution in [-0.4, -0.2) is 32.8 Å². The predicted octanol–water partition coefficient (Wildman–Crippen LogP) is 2.02. The van der Waals surface area contributed by atoms with E-state index in [1.807, 2.05) is 13.0 Å². The summed E-state index contributed by atoms with van der Waals surface area (Å²) in [6.45, 7) is 3.06. The van der Waals surface area contributed by atoms with Crippen molar-refractivity contribution in [2.45, 2.75) is 6.92 Å².